The van der Waals surface area contributed by atoms with Crippen molar-refractivity contribution < 1.29 is 17.9 Å². The zero-order valence-corrected chi connectivity index (χ0v) is 13.7. The molecule has 0 radical (unpaired) electrons. The van der Waals surface area contributed by atoms with Crippen molar-refractivity contribution >= 4 is 10.0 Å². The van der Waals surface area contributed by atoms with Crippen LogP contribution in [-0.4, -0.2) is 35.2 Å². The summed E-state index contributed by atoms with van der Waals surface area (Å²) in [6.45, 7) is 4.30. The van der Waals surface area contributed by atoms with Gasteiger partial charge < -0.3 is 15.2 Å². The van der Waals surface area contributed by atoms with Crippen LogP contribution in [-0.2, 0) is 10.0 Å². The maximum atomic E-state index is 12.4. The van der Waals surface area contributed by atoms with Crippen LogP contribution < -0.4 is 19.9 Å². The molecule has 0 amide bonds. The highest BCUT2D eigenvalue weighted by Gasteiger charge is 2.21. The molecule has 0 spiro atoms. The molecular formula is C14H24N2O4S. The molecule has 0 saturated carbocycles. The highest BCUT2D eigenvalue weighted by molar-refractivity contribution is 7.89. The fourth-order valence-corrected chi connectivity index (χ4v) is 3.31. The third-order valence-electron chi connectivity index (χ3n) is 3.03. The largest absolute Gasteiger partial charge is 0.493 e. The summed E-state index contributed by atoms with van der Waals surface area (Å²) in [4.78, 5) is 0.127. The molecule has 3 N–H and O–H groups in total. The van der Waals surface area contributed by atoms with Gasteiger partial charge in [-0.1, -0.05) is 13.8 Å². The van der Waals surface area contributed by atoms with Crippen LogP contribution in [0.4, 0.5) is 0 Å². The Hall–Kier alpha value is -1.31. The number of hydrogen-bond acceptors (Lipinski definition) is 5. The Balaban J connectivity index is 3.02. The van der Waals surface area contributed by atoms with Crippen LogP contribution in [0.2, 0.25) is 0 Å². The SMILES string of the molecule is COc1ccc(S(=O)(=O)NC(CN)CC(C)C)cc1OC. The quantitative estimate of drug-likeness (QED) is 0.755. The molecule has 0 aliphatic heterocycles. The molecule has 0 aromatic heterocycles. The highest BCUT2D eigenvalue weighted by atomic mass is 32.2. The van der Waals surface area contributed by atoms with Crippen molar-refractivity contribution in [2.24, 2.45) is 11.7 Å². The first-order chi connectivity index (χ1) is 9.83. The summed E-state index contributed by atoms with van der Waals surface area (Å²) in [5, 5.41) is 0. The van der Waals surface area contributed by atoms with Gasteiger partial charge in [0.2, 0.25) is 10.0 Å². The lowest BCUT2D eigenvalue weighted by molar-refractivity contribution is 0.354. The zero-order valence-electron chi connectivity index (χ0n) is 12.9. The van der Waals surface area contributed by atoms with Crippen LogP contribution in [0.25, 0.3) is 0 Å². The molecule has 0 bridgehead atoms. The molecular weight excluding hydrogens is 292 g/mol. The van der Waals surface area contributed by atoms with Crippen LogP contribution in [0.3, 0.4) is 0 Å². The fraction of sp³-hybridized carbons (Fsp3) is 0.571. The van der Waals surface area contributed by atoms with Gasteiger partial charge in [-0.15, -0.1) is 0 Å². The summed E-state index contributed by atoms with van der Waals surface area (Å²) < 4.78 is 37.6. The molecule has 0 aliphatic rings. The Morgan fingerprint density at radius 2 is 1.81 bits per heavy atom. The maximum absolute atomic E-state index is 12.4. The van der Waals surface area contributed by atoms with E-state index in [2.05, 4.69) is 4.72 Å². The van der Waals surface area contributed by atoms with Crippen molar-refractivity contribution in [3.8, 4) is 11.5 Å². The topological polar surface area (TPSA) is 90.7 Å². The number of nitrogens with two attached hydrogens (primary N) is 1. The van der Waals surface area contributed by atoms with Crippen molar-refractivity contribution in [1.82, 2.24) is 4.72 Å². The molecule has 21 heavy (non-hydrogen) atoms. The van der Waals surface area contributed by atoms with Crippen LogP contribution in [0.1, 0.15) is 20.3 Å². The third-order valence-corrected chi connectivity index (χ3v) is 4.55. The molecule has 6 nitrogen and oxygen atoms in total. The van der Waals surface area contributed by atoms with Gasteiger partial charge in [0.25, 0.3) is 0 Å². The summed E-state index contributed by atoms with van der Waals surface area (Å²) in [5.74, 6) is 1.20. The summed E-state index contributed by atoms with van der Waals surface area (Å²) in [6.07, 6.45) is 0.684. The first-order valence-electron chi connectivity index (χ1n) is 6.78. The standard InChI is InChI=1S/C14H24N2O4S/c1-10(2)7-11(9-15)16-21(17,18)12-5-6-13(19-3)14(8-12)20-4/h5-6,8,10-11,16H,7,9,15H2,1-4H3. The van der Waals surface area contributed by atoms with Gasteiger partial charge in [0.15, 0.2) is 11.5 Å². The van der Waals surface area contributed by atoms with Crippen LogP contribution in [0.15, 0.2) is 23.1 Å². The zero-order chi connectivity index (χ0) is 16.0. The van der Waals surface area contributed by atoms with E-state index in [-0.39, 0.29) is 17.5 Å². The predicted molar refractivity (Wildman–Crippen MR) is 82.2 cm³/mol. The van der Waals surface area contributed by atoms with Gasteiger partial charge in [-0.05, 0) is 24.5 Å². The molecule has 1 atom stereocenters. The Kier molecular flexibility index (Phi) is 6.44. The van der Waals surface area contributed by atoms with E-state index in [1.54, 1.807) is 6.07 Å². The molecule has 1 aromatic rings. The van der Waals surface area contributed by atoms with Crippen LogP contribution in [0.5, 0.6) is 11.5 Å². The van der Waals surface area contributed by atoms with E-state index in [0.717, 1.165) is 0 Å². The van der Waals surface area contributed by atoms with E-state index in [4.69, 9.17) is 15.2 Å². The number of methoxy groups -OCH3 is 2. The second kappa shape index (κ2) is 7.63. The summed E-state index contributed by atoms with van der Waals surface area (Å²) in [6, 6.07) is 4.19. The van der Waals surface area contributed by atoms with Crippen LogP contribution >= 0.6 is 0 Å². The average Bonchev–Trinajstić information content (AvgIpc) is 2.44. The number of rotatable bonds is 8. The Labute approximate surface area is 126 Å². The van der Waals surface area contributed by atoms with Gasteiger partial charge in [-0.3, -0.25) is 0 Å². The van der Waals surface area contributed by atoms with E-state index in [1.807, 2.05) is 13.8 Å². The van der Waals surface area contributed by atoms with Crippen molar-refractivity contribution in [1.29, 1.82) is 0 Å². The van der Waals surface area contributed by atoms with Gasteiger partial charge in [-0.2, -0.15) is 0 Å². The van der Waals surface area contributed by atoms with Crippen LogP contribution in [0, 0.1) is 5.92 Å². The molecule has 0 heterocycles. The van der Waals surface area contributed by atoms with Gasteiger partial charge in [0, 0.05) is 18.7 Å². The average molecular weight is 316 g/mol. The monoisotopic (exact) mass is 316 g/mol. The maximum Gasteiger partial charge on any atom is 0.241 e. The van der Waals surface area contributed by atoms with Gasteiger partial charge in [-0.25, -0.2) is 13.1 Å². The molecule has 1 unspecified atom stereocenters. The Bertz CT molecular complexity index is 558. The fourth-order valence-electron chi connectivity index (χ4n) is 2.03. The number of hydrogen-bond donors (Lipinski definition) is 2. The lowest BCUT2D eigenvalue weighted by Crippen LogP contribution is -2.40. The van der Waals surface area contributed by atoms with E-state index < -0.39 is 10.0 Å². The van der Waals surface area contributed by atoms with E-state index in [0.29, 0.717) is 23.8 Å². The molecule has 120 valence electrons. The minimum absolute atomic E-state index is 0.127. The Morgan fingerprint density at radius 1 is 1.19 bits per heavy atom. The summed E-state index contributed by atoms with van der Waals surface area (Å²) in [7, 11) is -0.682. The first kappa shape index (κ1) is 17.7. The summed E-state index contributed by atoms with van der Waals surface area (Å²) >= 11 is 0. The Morgan fingerprint density at radius 3 is 2.29 bits per heavy atom. The smallest absolute Gasteiger partial charge is 0.241 e. The first-order valence-corrected chi connectivity index (χ1v) is 8.26. The van der Waals surface area contributed by atoms with Crippen molar-refractivity contribution in [3.05, 3.63) is 18.2 Å². The minimum Gasteiger partial charge on any atom is -0.493 e. The van der Waals surface area contributed by atoms with Crippen molar-refractivity contribution in [2.45, 2.75) is 31.2 Å². The number of sulfonamides is 1. The molecule has 0 fully saturated rings. The molecule has 7 heteroatoms. The van der Waals surface area contributed by atoms with E-state index in [1.165, 1.54) is 26.4 Å². The highest BCUT2D eigenvalue weighted by Crippen LogP contribution is 2.29. The normalized spacial score (nSPS) is 13.2. The second-order valence-electron chi connectivity index (χ2n) is 5.20. The molecule has 1 rings (SSSR count). The van der Waals surface area contributed by atoms with Gasteiger partial charge >= 0.3 is 0 Å². The lowest BCUT2D eigenvalue weighted by atomic mass is 10.1. The molecule has 0 aliphatic carbocycles. The predicted octanol–water partition coefficient (Wildman–Crippen LogP) is 1.36. The summed E-state index contributed by atoms with van der Waals surface area (Å²) in [5.41, 5.74) is 5.64. The molecule has 1 aromatic carbocycles. The van der Waals surface area contributed by atoms with Gasteiger partial charge in [0.05, 0.1) is 19.1 Å². The van der Waals surface area contributed by atoms with Crippen molar-refractivity contribution in [3.63, 3.8) is 0 Å². The second-order valence-corrected chi connectivity index (χ2v) is 6.91. The molecule has 0 saturated heterocycles. The van der Waals surface area contributed by atoms with E-state index >= 15 is 0 Å². The number of benzene rings is 1. The number of ether oxygens (including phenoxy) is 2. The number of nitrogens with one attached hydrogen (secondary N) is 1. The minimum atomic E-state index is -3.64. The third kappa shape index (κ3) is 4.87. The van der Waals surface area contributed by atoms with E-state index in [9.17, 15) is 8.42 Å². The lowest BCUT2D eigenvalue weighted by Gasteiger charge is -2.19. The van der Waals surface area contributed by atoms with Gasteiger partial charge in [0.1, 0.15) is 0 Å². The van der Waals surface area contributed by atoms with Crippen molar-refractivity contribution in [2.75, 3.05) is 20.8 Å².